The molecule has 2 amide bonds. The van der Waals surface area contributed by atoms with Crippen molar-refractivity contribution in [3.8, 4) is 0 Å². The number of aliphatic hydroxyl groups excluding tert-OH is 1. The second-order valence-corrected chi connectivity index (χ2v) is 7.35. The number of ether oxygens (including phenoxy) is 1. The Labute approximate surface area is 167 Å². The summed E-state index contributed by atoms with van der Waals surface area (Å²) < 4.78 is 5.09. The number of carbonyl (C=O) groups is 2. The molecule has 3 atom stereocenters. The van der Waals surface area contributed by atoms with Gasteiger partial charge in [0.25, 0.3) is 0 Å². The van der Waals surface area contributed by atoms with E-state index in [-0.39, 0.29) is 11.6 Å². The molecular weight excluding hydrogens is 389 g/mol. The van der Waals surface area contributed by atoms with Crippen LogP contribution < -0.4 is 0 Å². The van der Waals surface area contributed by atoms with Gasteiger partial charge >= 0.3 is 6.09 Å². The lowest BCUT2D eigenvalue weighted by Crippen LogP contribution is -2.44. The molecule has 1 N–H and O–H groups in total. The normalized spacial score (nSPS) is 18.9. The summed E-state index contributed by atoms with van der Waals surface area (Å²) >= 11 is 11.9. The summed E-state index contributed by atoms with van der Waals surface area (Å²) in [5.41, 5.74) is 1.45. The van der Waals surface area contributed by atoms with Crippen molar-refractivity contribution in [1.29, 1.82) is 0 Å². The third-order valence-electron chi connectivity index (χ3n) is 4.66. The Hall–Kier alpha value is -2.08. The zero-order valence-corrected chi connectivity index (χ0v) is 16.2. The molecule has 2 aromatic rings. The average molecular weight is 408 g/mol. The third-order valence-corrected chi connectivity index (χ3v) is 5.40. The van der Waals surface area contributed by atoms with Crippen LogP contribution in [0.25, 0.3) is 0 Å². The monoisotopic (exact) mass is 407 g/mol. The molecule has 1 fully saturated rings. The van der Waals surface area contributed by atoms with Crippen LogP contribution in [-0.4, -0.2) is 34.7 Å². The van der Waals surface area contributed by atoms with Gasteiger partial charge in [-0.1, -0.05) is 66.5 Å². The Morgan fingerprint density at radius 2 is 1.93 bits per heavy atom. The molecule has 1 heterocycles. The van der Waals surface area contributed by atoms with Gasteiger partial charge in [-0.25, -0.2) is 9.69 Å². The van der Waals surface area contributed by atoms with E-state index in [0.29, 0.717) is 17.0 Å². The molecule has 3 rings (SSSR count). The van der Waals surface area contributed by atoms with Crippen molar-refractivity contribution < 1.29 is 19.4 Å². The first-order valence-electron chi connectivity index (χ1n) is 8.55. The Morgan fingerprint density at radius 1 is 1.22 bits per heavy atom. The van der Waals surface area contributed by atoms with E-state index in [1.165, 1.54) is 6.07 Å². The van der Waals surface area contributed by atoms with E-state index in [9.17, 15) is 14.7 Å². The Morgan fingerprint density at radius 3 is 2.59 bits per heavy atom. The van der Waals surface area contributed by atoms with Crippen LogP contribution in [0.4, 0.5) is 4.79 Å². The standard InChI is InChI=1S/C20H19Cl2NO4/c1-12(18(24)14-7-8-16(21)17(22)10-14)19(25)23-15(11-27-20(23)26)9-13-5-3-2-4-6-13/h2-8,10,12,15,18,24H,9,11H2,1H3/t12-,15-,18-/m1/s1. The lowest BCUT2D eigenvalue weighted by atomic mass is 9.95. The molecule has 1 saturated heterocycles. The first-order valence-corrected chi connectivity index (χ1v) is 9.31. The fraction of sp³-hybridized carbons (Fsp3) is 0.300. The van der Waals surface area contributed by atoms with Crippen molar-refractivity contribution in [2.45, 2.75) is 25.5 Å². The highest BCUT2D eigenvalue weighted by molar-refractivity contribution is 6.42. The maximum absolute atomic E-state index is 12.9. The van der Waals surface area contributed by atoms with Gasteiger partial charge in [0.15, 0.2) is 0 Å². The largest absolute Gasteiger partial charge is 0.447 e. The highest BCUT2D eigenvalue weighted by Gasteiger charge is 2.41. The molecule has 27 heavy (non-hydrogen) atoms. The molecule has 0 aliphatic carbocycles. The molecule has 0 unspecified atom stereocenters. The smallest absolute Gasteiger partial charge is 0.416 e. The molecule has 0 saturated carbocycles. The molecule has 0 radical (unpaired) electrons. The van der Waals surface area contributed by atoms with Gasteiger partial charge in [-0.05, 0) is 29.7 Å². The van der Waals surface area contributed by atoms with Gasteiger partial charge in [0.2, 0.25) is 5.91 Å². The van der Waals surface area contributed by atoms with Gasteiger partial charge in [0.1, 0.15) is 6.61 Å². The number of aliphatic hydroxyl groups is 1. The third kappa shape index (κ3) is 4.26. The summed E-state index contributed by atoms with van der Waals surface area (Å²) in [6, 6.07) is 13.8. The molecule has 1 aliphatic rings. The van der Waals surface area contributed by atoms with Gasteiger partial charge in [-0.3, -0.25) is 4.79 Å². The summed E-state index contributed by atoms with van der Waals surface area (Å²) in [5, 5.41) is 11.2. The van der Waals surface area contributed by atoms with Crippen molar-refractivity contribution in [2.75, 3.05) is 6.61 Å². The lowest BCUT2D eigenvalue weighted by molar-refractivity contribution is -0.136. The maximum atomic E-state index is 12.9. The molecule has 142 valence electrons. The fourth-order valence-electron chi connectivity index (χ4n) is 3.11. The lowest BCUT2D eigenvalue weighted by Gasteiger charge is -2.26. The van der Waals surface area contributed by atoms with Crippen LogP contribution in [-0.2, 0) is 16.0 Å². The van der Waals surface area contributed by atoms with Gasteiger partial charge in [0, 0.05) is 0 Å². The van der Waals surface area contributed by atoms with E-state index < -0.39 is 30.1 Å². The van der Waals surface area contributed by atoms with Crippen LogP contribution >= 0.6 is 23.2 Å². The van der Waals surface area contributed by atoms with Crippen molar-refractivity contribution in [3.05, 3.63) is 69.7 Å². The van der Waals surface area contributed by atoms with E-state index in [1.54, 1.807) is 19.1 Å². The van der Waals surface area contributed by atoms with E-state index in [2.05, 4.69) is 0 Å². The van der Waals surface area contributed by atoms with Gasteiger partial charge in [-0.15, -0.1) is 0 Å². The number of imide groups is 1. The van der Waals surface area contributed by atoms with Crippen LogP contribution in [0.3, 0.4) is 0 Å². The second-order valence-electron chi connectivity index (χ2n) is 6.54. The summed E-state index contributed by atoms with van der Waals surface area (Å²) in [6.45, 7) is 1.70. The zero-order chi connectivity index (χ0) is 19.6. The number of carbonyl (C=O) groups excluding carboxylic acids is 2. The molecule has 2 aromatic carbocycles. The number of benzene rings is 2. The number of hydrogen-bond donors (Lipinski definition) is 1. The quantitative estimate of drug-likeness (QED) is 0.803. The maximum Gasteiger partial charge on any atom is 0.416 e. The highest BCUT2D eigenvalue weighted by Crippen LogP contribution is 2.31. The molecule has 0 spiro atoms. The van der Waals surface area contributed by atoms with Crippen molar-refractivity contribution in [2.24, 2.45) is 5.92 Å². The first-order chi connectivity index (χ1) is 12.9. The average Bonchev–Trinajstić information content (AvgIpc) is 3.03. The van der Waals surface area contributed by atoms with E-state index in [0.717, 1.165) is 10.5 Å². The molecule has 5 nitrogen and oxygen atoms in total. The van der Waals surface area contributed by atoms with Crippen molar-refractivity contribution in [1.82, 2.24) is 4.90 Å². The van der Waals surface area contributed by atoms with E-state index in [4.69, 9.17) is 27.9 Å². The number of cyclic esters (lactones) is 1. The number of rotatable bonds is 5. The molecule has 0 aromatic heterocycles. The Balaban J connectivity index is 1.77. The Bertz CT molecular complexity index is 843. The predicted molar refractivity (Wildman–Crippen MR) is 103 cm³/mol. The first kappa shape index (κ1) is 19.7. The van der Waals surface area contributed by atoms with Crippen LogP contribution in [0.2, 0.25) is 10.0 Å². The molecule has 7 heteroatoms. The van der Waals surface area contributed by atoms with Gasteiger partial charge in [-0.2, -0.15) is 0 Å². The van der Waals surface area contributed by atoms with Gasteiger partial charge in [0.05, 0.1) is 28.1 Å². The van der Waals surface area contributed by atoms with Crippen molar-refractivity contribution >= 4 is 35.2 Å². The molecule has 0 bridgehead atoms. The summed E-state index contributed by atoms with van der Waals surface area (Å²) in [4.78, 5) is 26.2. The number of nitrogens with zero attached hydrogens (tertiary/aromatic N) is 1. The summed E-state index contributed by atoms with van der Waals surface area (Å²) in [5.74, 6) is -1.34. The van der Waals surface area contributed by atoms with Crippen molar-refractivity contribution in [3.63, 3.8) is 0 Å². The zero-order valence-electron chi connectivity index (χ0n) is 14.6. The minimum absolute atomic E-state index is 0.134. The van der Waals surface area contributed by atoms with E-state index >= 15 is 0 Å². The predicted octanol–water partition coefficient (Wildman–Crippen LogP) is 4.25. The molecule has 1 aliphatic heterocycles. The SMILES string of the molecule is C[C@@H](C(=O)N1C(=O)OC[C@H]1Cc1ccccc1)[C@@H](O)c1ccc(Cl)c(Cl)c1. The Kier molecular flexibility index (Phi) is 6.05. The van der Waals surface area contributed by atoms with Crippen LogP contribution in [0.15, 0.2) is 48.5 Å². The van der Waals surface area contributed by atoms with Crippen LogP contribution in [0, 0.1) is 5.92 Å². The summed E-state index contributed by atoms with van der Waals surface area (Å²) in [6.07, 6.45) is -1.32. The number of hydrogen-bond acceptors (Lipinski definition) is 4. The number of amides is 2. The summed E-state index contributed by atoms with van der Waals surface area (Å²) in [7, 11) is 0. The number of halogens is 2. The van der Waals surface area contributed by atoms with Crippen LogP contribution in [0.5, 0.6) is 0 Å². The van der Waals surface area contributed by atoms with Gasteiger partial charge < -0.3 is 9.84 Å². The van der Waals surface area contributed by atoms with Crippen LogP contribution in [0.1, 0.15) is 24.2 Å². The minimum Gasteiger partial charge on any atom is -0.447 e. The second kappa shape index (κ2) is 8.30. The highest BCUT2D eigenvalue weighted by atomic mass is 35.5. The van der Waals surface area contributed by atoms with E-state index in [1.807, 2.05) is 30.3 Å². The fourth-order valence-corrected chi connectivity index (χ4v) is 3.41. The minimum atomic E-state index is -1.13. The topological polar surface area (TPSA) is 66.8 Å². The molecular formula is C20H19Cl2NO4.